The second-order valence-electron chi connectivity index (χ2n) is 8.81. The minimum atomic E-state index is -0.450. The normalized spacial score (nSPS) is 20.6. The van der Waals surface area contributed by atoms with E-state index in [0.29, 0.717) is 5.56 Å². The zero-order valence-corrected chi connectivity index (χ0v) is 18.3. The van der Waals surface area contributed by atoms with E-state index in [1.54, 1.807) is 6.20 Å². The largest absolute Gasteiger partial charge is 0.393 e. The summed E-state index contributed by atoms with van der Waals surface area (Å²) < 4.78 is 13.6. The molecule has 1 N–H and O–H groups in total. The fourth-order valence-corrected chi connectivity index (χ4v) is 4.84. The van der Waals surface area contributed by atoms with Gasteiger partial charge in [0.25, 0.3) is 0 Å². The van der Waals surface area contributed by atoms with Crippen LogP contribution in [-0.4, -0.2) is 34.2 Å². The molecule has 0 aliphatic carbocycles. The van der Waals surface area contributed by atoms with Crippen LogP contribution < -0.4 is 0 Å². The number of benzene rings is 2. The summed E-state index contributed by atoms with van der Waals surface area (Å²) in [5, 5.41) is 19.8. The van der Waals surface area contributed by atoms with Crippen molar-refractivity contribution in [1.82, 2.24) is 9.88 Å². The van der Waals surface area contributed by atoms with Gasteiger partial charge in [0, 0.05) is 24.4 Å². The summed E-state index contributed by atoms with van der Waals surface area (Å²) in [6.45, 7) is 3.48. The first-order valence-corrected chi connectivity index (χ1v) is 11.1. The zero-order chi connectivity index (χ0) is 22.6. The number of aliphatic hydroxyl groups is 1. The van der Waals surface area contributed by atoms with Crippen LogP contribution in [0.4, 0.5) is 4.39 Å². The van der Waals surface area contributed by atoms with Crippen LogP contribution in [0.2, 0.25) is 0 Å². The van der Waals surface area contributed by atoms with Gasteiger partial charge < -0.3 is 5.11 Å². The smallest absolute Gasteiger partial charge is 0.123 e. The molecule has 3 aromatic rings. The Balaban J connectivity index is 1.57. The molecule has 1 fully saturated rings. The van der Waals surface area contributed by atoms with Crippen molar-refractivity contribution in [3.8, 4) is 6.07 Å². The second-order valence-corrected chi connectivity index (χ2v) is 8.81. The molecule has 1 saturated heterocycles. The molecule has 32 heavy (non-hydrogen) atoms. The average Bonchev–Trinajstić information content (AvgIpc) is 3.26. The van der Waals surface area contributed by atoms with Crippen molar-refractivity contribution < 1.29 is 9.50 Å². The Kier molecular flexibility index (Phi) is 6.64. The summed E-state index contributed by atoms with van der Waals surface area (Å²) in [6, 6.07) is 20.5. The molecule has 0 radical (unpaired) electrons. The predicted molar refractivity (Wildman–Crippen MR) is 122 cm³/mol. The SMILES string of the molecule is CC(O)[C@@]1(CCc2ccc(C#N)cc2)CCN(C(c2ccc(F)cc2)c2cccnc2)C1. The maximum atomic E-state index is 13.6. The minimum absolute atomic E-state index is 0.0418. The highest BCUT2D eigenvalue weighted by molar-refractivity contribution is 5.32. The summed E-state index contributed by atoms with van der Waals surface area (Å²) in [4.78, 5) is 6.69. The van der Waals surface area contributed by atoms with Gasteiger partial charge >= 0.3 is 0 Å². The second kappa shape index (κ2) is 9.60. The molecule has 4 nitrogen and oxygen atoms in total. The number of aryl methyl sites for hydroxylation is 1. The predicted octanol–water partition coefficient (Wildman–Crippen LogP) is 4.89. The molecule has 164 valence electrons. The first-order chi connectivity index (χ1) is 15.5. The number of likely N-dealkylation sites (tertiary alicyclic amines) is 1. The molecular weight excluding hydrogens is 401 g/mol. The molecule has 1 aromatic heterocycles. The maximum Gasteiger partial charge on any atom is 0.123 e. The number of nitrogens with zero attached hydrogens (tertiary/aromatic N) is 3. The molecule has 2 unspecified atom stereocenters. The Labute approximate surface area is 189 Å². The average molecular weight is 430 g/mol. The van der Waals surface area contributed by atoms with Crippen molar-refractivity contribution in [3.05, 3.63) is 101 Å². The van der Waals surface area contributed by atoms with E-state index in [-0.39, 0.29) is 17.3 Å². The highest BCUT2D eigenvalue weighted by Gasteiger charge is 2.44. The fraction of sp³-hybridized carbons (Fsp3) is 0.333. The number of hydrogen-bond acceptors (Lipinski definition) is 4. The van der Waals surface area contributed by atoms with Gasteiger partial charge in [-0.3, -0.25) is 9.88 Å². The molecule has 0 bridgehead atoms. The molecule has 0 spiro atoms. The lowest BCUT2D eigenvalue weighted by molar-refractivity contribution is 0.0355. The lowest BCUT2D eigenvalue weighted by atomic mass is 9.77. The number of aliphatic hydroxyl groups excluding tert-OH is 1. The van der Waals surface area contributed by atoms with Gasteiger partial charge in [-0.2, -0.15) is 5.26 Å². The summed E-state index contributed by atoms with van der Waals surface area (Å²) in [6.07, 6.45) is 5.77. The third-order valence-electron chi connectivity index (χ3n) is 6.85. The van der Waals surface area contributed by atoms with Gasteiger partial charge in [0.15, 0.2) is 0 Å². The Morgan fingerprint density at radius 3 is 2.50 bits per heavy atom. The lowest BCUT2D eigenvalue weighted by Crippen LogP contribution is -2.38. The van der Waals surface area contributed by atoms with Gasteiger partial charge in [0.2, 0.25) is 0 Å². The zero-order valence-electron chi connectivity index (χ0n) is 18.3. The number of aromatic nitrogens is 1. The van der Waals surface area contributed by atoms with Crippen LogP contribution in [0.15, 0.2) is 73.1 Å². The molecule has 1 aliphatic rings. The van der Waals surface area contributed by atoms with Crippen molar-refractivity contribution >= 4 is 0 Å². The van der Waals surface area contributed by atoms with Crippen LogP contribution in [0.1, 0.15) is 48.1 Å². The van der Waals surface area contributed by atoms with Gasteiger partial charge in [-0.1, -0.05) is 30.3 Å². The van der Waals surface area contributed by atoms with Gasteiger partial charge in [-0.25, -0.2) is 4.39 Å². The summed E-state index contributed by atoms with van der Waals surface area (Å²) in [5.41, 5.74) is 3.68. The van der Waals surface area contributed by atoms with Gasteiger partial charge in [0.1, 0.15) is 5.82 Å². The first kappa shape index (κ1) is 22.1. The number of halogens is 1. The highest BCUT2D eigenvalue weighted by atomic mass is 19.1. The Morgan fingerprint density at radius 2 is 1.88 bits per heavy atom. The third-order valence-corrected chi connectivity index (χ3v) is 6.85. The molecular formula is C27H28FN3O. The van der Waals surface area contributed by atoms with Crippen molar-refractivity contribution in [2.45, 2.75) is 38.3 Å². The molecule has 2 heterocycles. The fourth-order valence-electron chi connectivity index (χ4n) is 4.84. The van der Waals surface area contributed by atoms with Gasteiger partial charge in [-0.15, -0.1) is 0 Å². The summed E-state index contributed by atoms with van der Waals surface area (Å²) >= 11 is 0. The number of hydrogen-bond donors (Lipinski definition) is 1. The molecule has 0 amide bonds. The quantitative estimate of drug-likeness (QED) is 0.581. The van der Waals surface area contributed by atoms with Gasteiger partial charge in [-0.05, 0) is 79.8 Å². The van der Waals surface area contributed by atoms with Crippen molar-refractivity contribution in [3.63, 3.8) is 0 Å². The van der Waals surface area contributed by atoms with Crippen molar-refractivity contribution in [2.24, 2.45) is 5.41 Å². The Morgan fingerprint density at radius 1 is 1.12 bits per heavy atom. The van der Waals surface area contributed by atoms with Crippen molar-refractivity contribution in [1.29, 1.82) is 5.26 Å². The first-order valence-electron chi connectivity index (χ1n) is 11.1. The highest BCUT2D eigenvalue weighted by Crippen LogP contribution is 2.43. The molecule has 4 rings (SSSR count). The molecule has 1 aliphatic heterocycles. The van der Waals surface area contributed by atoms with E-state index in [9.17, 15) is 9.50 Å². The van der Waals surface area contributed by atoms with Crippen LogP contribution >= 0.6 is 0 Å². The standard InChI is InChI=1S/C27H28FN3O/c1-20(32)27(13-12-21-4-6-22(17-29)7-5-21)14-16-31(19-27)26(24-3-2-15-30-18-24)23-8-10-25(28)11-9-23/h2-11,15,18,20,26,32H,12-14,16,19H2,1H3/t20?,26?,27-/m0/s1. The minimum Gasteiger partial charge on any atom is -0.393 e. The maximum absolute atomic E-state index is 13.6. The monoisotopic (exact) mass is 429 g/mol. The number of rotatable bonds is 7. The van der Waals surface area contributed by atoms with E-state index in [2.05, 4.69) is 22.0 Å². The van der Waals surface area contributed by atoms with Crippen molar-refractivity contribution in [2.75, 3.05) is 13.1 Å². The van der Waals surface area contributed by atoms with Crippen LogP contribution in [-0.2, 0) is 6.42 Å². The van der Waals surface area contributed by atoms with E-state index in [0.717, 1.165) is 43.5 Å². The van der Waals surface area contributed by atoms with E-state index < -0.39 is 6.10 Å². The van der Waals surface area contributed by atoms with Gasteiger partial charge in [0.05, 0.1) is 23.8 Å². The van der Waals surface area contributed by atoms with Crippen LogP contribution in [0.5, 0.6) is 0 Å². The Hall–Kier alpha value is -3.07. The summed E-state index contributed by atoms with van der Waals surface area (Å²) in [7, 11) is 0. The summed E-state index contributed by atoms with van der Waals surface area (Å²) in [5.74, 6) is -0.249. The van der Waals surface area contributed by atoms with E-state index in [1.165, 1.54) is 17.7 Å². The molecule has 2 aromatic carbocycles. The number of pyridine rings is 1. The molecule has 3 atom stereocenters. The molecule has 5 heteroatoms. The van der Waals surface area contributed by atoms with Crippen LogP contribution in [0, 0.1) is 22.6 Å². The van der Waals surface area contributed by atoms with E-state index >= 15 is 0 Å². The van der Waals surface area contributed by atoms with Crippen LogP contribution in [0.3, 0.4) is 0 Å². The molecule has 0 saturated carbocycles. The number of nitriles is 1. The lowest BCUT2D eigenvalue weighted by Gasteiger charge is -2.35. The third kappa shape index (κ3) is 4.72. The topological polar surface area (TPSA) is 60.1 Å². The Bertz CT molecular complexity index is 1060. The van der Waals surface area contributed by atoms with E-state index in [1.807, 2.05) is 55.6 Å². The van der Waals surface area contributed by atoms with Crippen LogP contribution in [0.25, 0.3) is 0 Å². The van der Waals surface area contributed by atoms with E-state index in [4.69, 9.17) is 5.26 Å².